The summed E-state index contributed by atoms with van der Waals surface area (Å²) in [6.07, 6.45) is -2.91. The molecule has 0 atom stereocenters. The first-order valence-electron chi connectivity index (χ1n) is 4.12. The topological polar surface area (TPSA) is 48.4 Å². The van der Waals surface area contributed by atoms with Crippen molar-refractivity contribution in [1.82, 2.24) is 4.98 Å². The summed E-state index contributed by atoms with van der Waals surface area (Å²) in [5.41, 5.74) is -0.979. The fraction of sp³-hybridized carbons (Fsp3) is 0.333. The van der Waals surface area contributed by atoms with E-state index in [9.17, 15) is 13.6 Å². The summed E-state index contributed by atoms with van der Waals surface area (Å²) in [5, 5.41) is -0.123. The maximum Gasteiger partial charge on any atom is 0.338 e. The van der Waals surface area contributed by atoms with Crippen molar-refractivity contribution in [3.8, 4) is 5.88 Å². The Balaban J connectivity index is 3.44. The zero-order valence-electron chi connectivity index (χ0n) is 8.46. The van der Waals surface area contributed by atoms with Gasteiger partial charge in [0.15, 0.2) is 0 Å². The average molecular weight is 252 g/mol. The van der Waals surface area contributed by atoms with E-state index in [1.807, 2.05) is 0 Å². The first-order valence-corrected chi connectivity index (χ1v) is 4.50. The molecular formula is C9H8ClF2NO3. The predicted molar refractivity (Wildman–Crippen MR) is 52.1 cm³/mol. The summed E-state index contributed by atoms with van der Waals surface area (Å²) < 4.78 is 34.5. The molecule has 16 heavy (non-hydrogen) atoms. The van der Waals surface area contributed by atoms with Gasteiger partial charge in [-0.05, 0) is 6.07 Å². The molecule has 0 spiro atoms. The third kappa shape index (κ3) is 2.38. The molecule has 1 rings (SSSR count). The van der Waals surface area contributed by atoms with Gasteiger partial charge in [-0.15, -0.1) is 0 Å². The molecular weight excluding hydrogens is 244 g/mol. The molecule has 1 aromatic heterocycles. The molecule has 1 heterocycles. The minimum absolute atomic E-state index is 0.123. The van der Waals surface area contributed by atoms with Crippen molar-refractivity contribution in [2.45, 2.75) is 6.43 Å². The number of alkyl halides is 2. The molecule has 1 aromatic rings. The van der Waals surface area contributed by atoms with Gasteiger partial charge in [-0.2, -0.15) is 0 Å². The van der Waals surface area contributed by atoms with E-state index in [0.717, 1.165) is 20.3 Å². The van der Waals surface area contributed by atoms with E-state index in [1.165, 1.54) is 0 Å². The third-order valence-electron chi connectivity index (χ3n) is 1.81. The van der Waals surface area contributed by atoms with Gasteiger partial charge in [0.1, 0.15) is 5.15 Å². The summed E-state index contributed by atoms with van der Waals surface area (Å²) in [5.74, 6) is -1.30. The minimum atomic E-state index is -2.91. The molecule has 0 aliphatic heterocycles. The number of pyridine rings is 1. The van der Waals surface area contributed by atoms with Crippen molar-refractivity contribution < 1.29 is 23.0 Å². The number of halogens is 3. The van der Waals surface area contributed by atoms with E-state index >= 15 is 0 Å². The highest BCUT2D eigenvalue weighted by atomic mass is 35.5. The number of aromatic nitrogens is 1. The number of carbonyl (C=O) groups is 1. The highest BCUT2D eigenvalue weighted by Crippen LogP contribution is 2.32. The zero-order valence-corrected chi connectivity index (χ0v) is 9.22. The summed E-state index contributed by atoms with van der Waals surface area (Å²) in [4.78, 5) is 14.8. The Morgan fingerprint density at radius 2 is 2.12 bits per heavy atom. The second kappa shape index (κ2) is 5.07. The Labute approximate surface area is 95.1 Å². The molecule has 88 valence electrons. The largest absolute Gasteiger partial charge is 0.481 e. The Kier molecular flexibility index (Phi) is 4.00. The number of methoxy groups -OCH3 is 2. The van der Waals surface area contributed by atoms with E-state index in [2.05, 4.69) is 14.5 Å². The van der Waals surface area contributed by atoms with Crippen LogP contribution in [-0.2, 0) is 4.74 Å². The minimum Gasteiger partial charge on any atom is -0.481 e. The van der Waals surface area contributed by atoms with Crippen molar-refractivity contribution in [3.63, 3.8) is 0 Å². The zero-order chi connectivity index (χ0) is 12.3. The standard InChI is InChI=1S/C9H8ClF2NO3/c1-15-8-6(7(11)12)4(9(14)16-2)3-5(10)13-8/h3,7H,1-2H3. The van der Waals surface area contributed by atoms with Crippen molar-refractivity contribution >= 4 is 17.6 Å². The molecule has 0 saturated carbocycles. The lowest BCUT2D eigenvalue weighted by atomic mass is 10.1. The normalized spacial score (nSPS) is 10.4. The molecule has 0 aromatic carbocycles. The number of carbonyl (C=O) groups excluding carboxylic acids is 1. The second-order valence-electron chi connectivity index (χ2n) is 2.71. The van der Waals surface area contributed by atoms with Gasteiger partial charge in [-0.3, -0.25) is 0 Å². The molecule has 0 fully saturated rings. The SMILES string of the molecule is COC(=O)c1cc(Cl)nc(OC)c1C(F)F. The van der Waals surface area contributed by atoms with E-state index in [4.69, 9.17) is 11.6 Å². The summed E-state index contributed by atoms with van der Waals surface area (Å²) in [6, 6.07) is 1.01. The molecule has 0 bridgehead atoms. The van der Waals surface area contributed by atoms with Crippen LogP contribution in [0.25, 0.3) is 0 Å². The third-order valence-corrected chi connectivity index (χ3v) is 2.00. The highest BCUT2D eigenvalue weighted by molar-refractivity contribution is 6.29. The van der Waals surface area contributed by atoms with Gasteiger partial charge in [-0.1, -0.05) is 11.6 Å². The number of hydrogen-bond acceptors (Lipinski definition) is 4. The van der Waals surface area contributed by atoms with E-state index < -0.39 is 18.0 Å². The van der Waals surface area contributed by atoms with Gasteiger partial charge in [0.05, 0.1) is 25.3 Å². The van der Waals surface area contributed by atoms with Crippen molar-refractivity contribution in [1.29, 1.82) is 0 Å². The number of rotatable bonds is 3. The number of ether oxygens (including phenoxy) is 2. The van der Waals surface area contributed by atoms with Gasteiger partial charge in [0.25, 0.3) is 6.43 Å². The van der Waals surface area contributed by atoms with Crippen LogP contribution in [-0.4, -0.2) is 25.2 Å². The maximum absolute atomic E-state index is 12.7. The molecule has 0 saturated heterocycles. The maximum atomic E-state index is 12.7. The van der Waals surface area contributed by atoms with Crippen LogP contribution in [0.3, 0.4) is 0 Å². The molecule has 0 aliphatic carbocycles. The summed E-state index contributed by atoms with van der Waals surface area (Å²) in [6.45, 7) is 0. The number of nitrogens with zero attached hydrogens (tertiary/aromatic N) is 1. The van der Waals surface area contributed by atoms with Gasteiger partial charge >= 0.3 is 5.97 Å². The van der Waals surface area contributed by atoms with Crippen molar-refractivity contribution in [2.75, 3.05) is 14.2 Å². The van der Waals surface area contributed by atoms with E-state index in [-0.39, 0.29) is 16.6 Å². The lowest BCUT2D eigenvalue weighted by Gasteiger charge is -2.11. The first kappa shape index (κ1) is 12.6. The van der Waals surface area contributed by atoms with E-state index in [1.54, 1.807) is 0 Å². The molecule has 4 nitrogen and oxygen atoms in total. The van der Waals surface area contributed by atoms with Crippen LogP contribution in [0.15, 0.2) is 6.07 Å². The van der Waals surface area contributed by atoms with Crippen LogP contribution in [0.2, 0.25) is 5.15 Å². The average Bonchev–Trinajstić information content (AvgIpc) is 2.26. The van der Waals surface area contributed by atoms with Crippen LogP contribution >= 0.6 is 11.6 Å². The first-order chi connectivity index (χ1) is 7.51. The second-order valence-corrected chi connectivity index (χ2v) is 3.10. The fourth-order valence-electron chi connectivity index (χ4n) is 1.15. The lowest BCUT2D eigenvalue weighted by Crippen LogP contribution is -2.09. The Hall–Kier alpha value is -1.43. The highest BCUT2D eigenvalue weighted by Gasteiger charge is 2.25. The van der Waals surface area contributed by atoms with Crippen LogP contribution in [0, 0.1) is 0 Å². The van der Waals surface area contributed by atoms with Gasteiger partial charge in [0.2, 0.25) is 5.88 Å². The van der Waals surface area contributed by atoms with Crippen LogP contribution in [0.5, 0.6) is 5.88 Å². The Morgan fingerprint density at radius 3 is 2.56 bits per heavy atom. The molecule has 0 N–H and O–H groups in total. The van der Waals surface area contributed by atoms with E-state index in [0.29, 0.717) is 0 Å². The van der Waals surface area contributed by atoms with Gasteiger partial charge in [0, 0.05) is 0 Å². The predicted octanol–water partition coefficient (Wildman–Crippen LogP) is 2.47. The van der Waals surface area contributed by atoms with Crippen molar-refractivity contribution in [3.05, 3.63) is 22.3 Å². The van der Waals surface area contributed by atoms with Gasteiger partial charge in [-0.25, -0.2) is 18.6 Å². The fourth-order valence-corrected chi connectivity index (χ4v) is 1.33. The molecule has 0 aliphatic rings. The van der Waals surface area contributed by atoms with Crippen LogP contribution in [0.4, 0.5) is 8.78 Å². The van der Waals surface area contributed by atoms with Gasteiger partial charge < -0.3 is 9.47 Å². The molecule has 0 unspecified atom stereocenters. The molecule has 0 amide bonds. The smallest absolute Gasteiger partial charge is 0.338 e. The lowest BCUT2D eigenvalue weighted by molar-refractivity contribution is 0.0587. The summed E-state index contributed by atoms with van der Waals surface area (Å²) >= 11 is 5.56. The van der Waals surface area contributed by atoms with Crippen molar-refractivity contribution in [2.24, 2.45) is 0 Å². The molecule has 0 radical (unpaired) electrons. The monoisotopic (exact) mass is 251 g/mol. The molecule has 7 heteroatoms. The number of hydrogen-bond donors (Lipinski definition) is 0. The Morgan fingerprint density at radius 1 is 1.50 bits per heavy atom. The summed E-state index contributed by atoms with van der Waals surface area (Å²) in [7, 11) is 2.24. The van der Waals surface area contributed by atoms with Crippen LogP contribution < -0.4 is 4.74 Å². The number of esters is 1. The quantitative estimate of drug-likeness (QED) is 0.612. The Bertz CT molecular complexity index is 412. The van der Waals surface area contributed by atoms with Crippen LogP contribution in [0.1, 0.15) is 22.3 Å².